The lowest BCUT2D eigenvalue weighted by molar-refractivity contribution is 0.0975. The number of hydrogen-bond donors (Lipinski definition) is 0. The van der Waals surface area contributed by atoms with Crippen LogP contribution in [0, 0.1) is 6.92 Å². The molecule has 2 aromatic rings. The van der Waals surface area contributed by atoms with Crippen LogP contribution in [0.5, 0.6) is 0 Å². The van der Waals surface area contributed by atoms with E-state index in [0.29, 0.717) is 29.7 Å². The zero-order valence-corrected chi connectivity index (χ0v) is 12.8. The first-order valence-corrected chi connectivity index (χ1v) is 6.99. The van der Waals surface area contributed by atoms with E-state index >= 15 is 0 Å². The van der Waals surface area contributed by atoms with Gasteiger partial charge in [0.05, 0.1) is 13.2 Å². The van der Waals surface area contributed by atoms with Crippen LogP contribution in [0.15, 0.2) is 42.5 Å². The number of anilines is 1. The van der Waals surface area contributed by atoms with Crippen LogP contribution in [0.25, 0.3) is 0 Å². The number of nitrogens with zero attached hydrogens (tertiary/aromatic N) is 2. The molecule has 0 aliphatic rings. The number of amides is 1. The Labute approximate surface area is 129 Å². The maximum atomic E-state index is 12.7. The molecular weight excluding hydrogens is 288 g/mol. The van der Waals surface area contributed by atoms with Crippen molar-refractivity contribution in [1.29, 1.82) is 0 Å². The van der Waals surface area contributed by atoms with Crippen LogP contribution < -0.4 is 4.90 Å². The number of ether oxygens (including phenoxy) is 1. The molecule has 21 heavy (non-hydrogen) atoms. The molecule has 0 unspecified atom stereocenters. The number of hydrogen-bond acceptors (Lipinski definition) is 3. The Hall–Kier alpha value is -1.91. The summed E-state index contributed by atoms with van der Waals surface area (Å²) in [6, 6.07) is 12.7. The number of benzene rings is 1. The molecule has 0 saturated carbocycles. The van der Waals surface area contributed by atoms with Crippen molar-refractivity contribution in [2.24, 2.45) is 0 Å². The minimum Gasteiger partial charge on any atom is -0.383 e. The standard InChI is InChI=1S/C16H17ClN2O2/c1-12-10-14(17)18-15(11-12)19(8-9-21-2)16(20)13-6-4-3-5-7-13/h3-7,10-11H,8-9H2,1-2H3. The third-order valence-corrected chi connectivity index (χ3v) is 3.18. The van der Waals surface area contributed by atoms with E-state index in [9.17, 15) is 4.79 Å². The normalized spacial score (nSPS) is 10.4. The van der Waals surface area contributed by atoms with Gasteiger partial charge in [0.2, 0.25) is 0 Å². The van der Waals surface area contributed by atoms with E-state index in [1.807, 2.05) is 31.2 Å². The molecule has 0 radical (unpaired) electrons. The topological polar surface area (TPSA) is 42.4 Å². The Morgan fingerprint density at radius 3 is 2.62 bits per heavy atom. The van der Waals surface area contributed by atoms with Crippen molar-refractivity contribution >= 4 is 23.3 Å². The van der Waals surface area contributed by atoms with Gasteiger partial charge in [-0.05, 0) is 36.8 Å². The minimum absolute atomic E-state index is 0.123. The maximum Gasteiger partial charge on any atom is 0.259 e. The fourth-order valence-corrected chi connectivity index (χ4v) is 2.24. The third-order valence-electron chi connectivity index (χ3n) is 2.99. The number of carbonyl (C=O) groups is 1. The Morgan fingerprint density at radius 2 is 2.00 bits per heavy atom. The van der Waals surface area contributed by atoms with Crippen molar-refractivity contribution < 1.29 is 9.53 Å². The molecule has 1 heterocycles. The minimum atomic E-state index is -0.123. The van der Waals surface area contributed by atoms with E-state index in [1.54, 1.807) is 30.2 Å². The summed E-state index contributed by atoms with van der Waals surface area (Å²) in [6.07, 6.45) is 0. The first-order valence-electron chi connectivity index (χ1n) is 6.62. The molecule has 0 aliphatic carbocycles. The molecule has 0 saturated heterocycles. The summed E-state index contributed by atoms with van der Waals surface area (Å²) in [6.45, 7) is 2.75. The summed E-state index contributed by atoms with van der Waals surface area (Å²) < 4.78 is 5.09. The fraction of sp³-hybridized carbons (Fsp3) is 0.250. The largest absolute Gasteiger partial charge is 0.383 e. The summed E-state index contributed by atoms with van der Waals surface area (Å²) in [7, 11) is 1.60. The molecule has 0 aliphatic heterocycles. The van der Waals surface area contributed by atoms with Crippen LogP contribution in [0.3, 0.4) is 0 Å². The van der Waals surface area contributed by atoms with Crippen molar-refractivity contribution in [2.75, 3.05) is 25.2 Å². The van der Waals surface area contributed by atoms with Gasteiger partial charge in [0.1, 0.15) is 11.0 Å². The van der Waals surface area contributed by atoms with E-state index in [4.69, 9.17) is 16.3 Å². The van der Waals surface area contributed by atoms with Crippen LogP contribution >= 0.6 is 11.6 Å². The van der Waals surface area contributed by atoms with Crippen molar-refractivity contribution in [1.82, 2.24) is 4.98 Å². The second-order valence-electron chi connectivity index (χ2n) is 4.64. The van der Waals surface area contributed by atoms with E-state index in [-0.39, 0.29) is 5.91 Å². The van der Waals surface area contributed by atoms with Gasteiger partial charge in [-0.25, -0.2) is 4.98 Å². The average Bonchev–Trinajstić information content (AvgIpc) is 2.47. The maximum absolute atomic E-state index is 12.7. The zero-order valence-electron chi connectivity index (χ0n) is 12.0. The summed E-state index contributed by atoms with van der Waals surface area (Å²) in [5, 5.41) is 0.369. The SMILES string of the molecule is COCCN(C(=O)c1ccccc1)c1cc(C)cc(Cl)n1. The highest BCUT2D eigenvalue weighted by molar-refractivity contribution is 6.29. The van der Waals surface area contributed by atoms with Crippen LogP contribution in [0.1, 0.15) is 15.9 Å². The van der Waals surface area contributed by atoms with Crippen LogP contribution in [0.4, 0.5) is 5.82 Å². The number of carbonyl (C=O) groups excluding carboxylic acids is 1. The number of aryl methyl sites for hydroxylation is 1. The van der Waals surface area contributed by atoms with Gasteiger partial charge >= 0.3 is 0 Å². The molecular formula is C16H17ClN2O2. The summed E-state index contributed by atoms with van der Waals surface area (Å²) in [5.74, 6) is 0.410. The lowest BCUT2D eigenvalue weighted by Crippen LogP contribution is -2.34. The molecule has 0 N–H and O–H groups in total. The summed E-state index contributed by atoms with van der Waals surface area (Å²) in [5.41, 5.74) is 1.56. The highest BCUT2D eigenvalue weighted by Crippen LogP contribution is 2.19. The molecule has 0 atom stereocenters. The Morgan fingerprint density at radius 1 is 1.29 bits per heavy atom. The average molecular weight is 305 g/mol. The van der Waals surface area contributed by atoms with E-state index in [1.165, 1.54) is 0 Å². The molecule has 0 fully saturated rings. The van der Waals surface area contributed by atoms with Crippen LogP contribution in [0.2, 0.25) is 5.15 Å². The Kier molecular flexibility index (Phi) is 5.31. The third kappa shape index (κ3) is 4.03. The second-order valence-corrected chi connectivity index (χ2v) is 5.03. The quantitative estimate of drug-likeness (QED) is 0.796. The van der Waals surface area contributed by atoms with Gasteiger partial charge in [-0.3, -0.25) is 9.69 Å². The molecule has 110 valence electrons. The molecule has 4 nitrogen and oxygen atoms in total. The van der Waals surface area contributed by atoms with Crippen LogP contribution in [-0.2, 0) is 4.74 Å². The van der Waals surface area contributed by atoms with Crippen molar-refractivity contribution in [2.45, 2.75) is 6.92 Å². The number of pyridine rings is 1. The first kappa shape index (κ1) is 15.5. The number of halogens is 1. The summed E-state index contributed by atoms with van der Waals surface area (Å²) >= 11 is 6.00. The van der Waals surface area contributed by atoms with E-state index in [0.717, 1.165) is 5.56 Å². The lowest BCUT2D eigenvalue weighted by atomic mass is 10.2. The Bertz CT molecular complexity index is 597. The molecule has 0 spiro atoms. The van der Waals surface area contributed by atoms with Gasteiger partial charge < -0.3 is 4.74 Å². The van der Waals surface area contributed by atoms with E-state index < -0.39 is 0 Å². The molecule has 1 aromatic heterocycles. The number of aromatic nitrogens is 1. The van der Waals surface area contributed by atoms with Crippen molar-refractivity contribution in [3.63, 3.8) is 0 Å². The lowest BCUT2D eigenvalue weighted by Gasteiger charge is -2.22. The second kappa shape index (κ2) is 7.20. The molecule has 2 rings (SSSR count). The number of rotatable bonds is 5. The van der Waals surface area contributed by atoms with Gasteiger partial charge in [-0.2, -0.15) is 0 Å². The predicted molar refractivity (Wildman–Crippen MR) is 84.0 cm³/mol. The summed E-state index contributed by atoms with van der Waals surface area (Å²) in [4.78, 5) is 18.5. The van der Waals surface area contributed by atoms with E-state index in [2.05, 4.69) is 4.98 Å². The van der Waals surface area contributed by atoms with Gasteiger partial charge in [0.15, 0.2) is 0 Å². The fourth-order valence-electron chi connectivity index (χ4n) is 1.98. The smallest absolute Gasteiger partial charge is 0.259 e. The zero-order chi connectivity index (χ0) is 15.2. The molecule has 1 amide bonds. The first-order chi connectivity index (χ1) is 10.1. The van der Waals surface area contributed by atoms with Gasteiger partial charge in [-0.1, -0.05) is 29.8 Å². The van der Waals surface area contributed by atoms with Crippen LogP contribution in [-0.4, -0.2) is 31.2 Å². The van der Waals surface area contributed by atoms with Gasteiger partial charge in [0, 0.05) is 12.7 Å². The molecule has 1 aromatic carbocycles. The van der Waals surface area contributed by atoms with Crippen molar-refractivity contribution in [3.8, 4) is 0 Å². The van der Waals surface area contributed by atoms with Gasteiger partial charge in [-0.15, -0.1) is 0 Å². The number of methoxy groups -OCH3 is 1. The van der Waals surface area contributed by atoms with Crippen molar-refractivity contribution in [3.05, 3.63) is 58.7 Å². The molecule has 0 bridgehead atoms. The predicted octanol–water partition coefficient (Wildman–Crippen LogP) is 3.34. The highest BCUT2D eigenvalue weighted by atomic mass is 35.5. The van der Waals surface area contributed by atoms with Gasteiger partial charge in [0.25, 0.3) is 5.91 Å². The Balaban J connectivity index is 2.36. The highest BCUT2D eigenvalue weighted by Gasteiger charge is 2.19. The molecule has 5 heteroatoms. The monoisotopic (exact) mass is 304 g/mol.